The summed E-state index contributed by atoms with van der Waals surface area (Å²) in [6, 6.07) is 3.96. The van der Waals surface area contributed by atoms with E-state index >= 15 is 0 Å². The second kappa shape index (κ2) is 7.86. The number of benzene rings is 1. The Morgan fingerprint density at radius 2 is 1.83 bits per heavy atom. The molecule has 1 heterocycles. The predicted molar refractivity (Wildman–Crippen MR) is 87.7 cm³/mol. The van der Waals surface area contributed by atoms with Crippen LogP contribution in [0, 0.1) is 5.92 Å². The summed E-state index contributed by atoms with van der Waals surface area (Å²) in [5.74, 6) is 0.460. The molecule has 23 heavy (non-hydrogen) atoms. The highest BCUT2D eigenvalue weighted by molar-refractivity contribution is 6.30. The van der Waals surface area contributed by atoms with Gasteiger partial charge < -0.3 is 5.32 Å². The van der Waals surface area contributed by atoms with Crippen molar-refractivity contribution in [2.75, 3.05) is 26.2 Å². The van der Waals surface area contributed by atoms with E-state index in [-0.39, 0.29) is 11.1 Å². The van der Waals surface area contributed by atoms with Gasteiger partial charge in [0, 0.05) is 37.2 Å². The molecule has 1 atom stereocenters. The molecule has 0 bridgehead atoms. The molecule has 2 rings (SSSR count). The van der Waals surface area contributed by atoms with Gasteiger partial charge in [0.2, 0.25) is 0 Å². The first-order valence-electron chi connectivity index (χ1n) is 8.10. The number of nitrogens with zero attached hydrogens (tertiary/aromatic N) is 1. The number of alkyl halides is 3. The summed E-state index contributed by atoms with van der Waals surface area (Å²) < 4.78 is 40.4. The van der Waals surface area contributed by atoms with E-state index in [0.29, 0.717) is 11.5 Å². The first-order chi connectivity index (χ1) is 10.8. The molecule has 2 nitrogen and oxygen atoms in total. The second-order valence-corrected chi connectivity index (χ2v) is 6.94. The number of halogens is 4. The van der Waals surface area contributed by atoms with E-state index in [4.69, 9.17) is 11.6 Å². The molecule has 0 amide bonds. The SMILES string of the molecule is CC(C)CC[C@@H](c1ccc(Cl)cc1C(F)(F)F)N1CCNCC1. The minimum absolute atomic E-state index is 0.129. The topological polar surface area (TPSA) is 15.3 Å². The van der Waals surface area contributed by atoms with Gasteiger partial charge in [-0.25, -0.2) is 0 Å². The lowest BCUT2D eigenvalue weighted by atomic mass is 9.92. The van der Waals surface area contributed by atoms with E-state index in [0.717, 1.165) is 45.1 Å². The van der Waals surface area contributed by atoms with Crippen LogP contribution in [0.15, 0.2) is 18.2 Å². The Kier molecular flexibility index (Phi) is 6.34. The molecule has 1 N–H and O–H groups in total. The molecule has 1 aliphatic heterocycles. The Bertz CT molecular complexity index is 511. The van der Waals surface area contributed by atoms with Crippen LogP contribution in [0.5, 0.6) is 0 Å². The van der Waals surface area contributed by atoms with Crippen molar-refractivity contribution in [3.8, 4) is 0 Å². The van der Waals surface area contributed by atoms with Crippen LogP contribution in [-0.4, -0.2) is 31.1 Å². The fourth-order valence-electron chi connectivity index (χ4n) is 3.08. The van der Waals surface area contributed by atoms with Crippen LogP contribution in [0.1, 0.15) is 43.9 Å². The molecule has 1 aromatic carbocycles. The summed E-state index contributed by atoms with van der Waals surface area (Å²) >= 11 is 5.82. The lowest BCUT2D eigenvalue weighted by Gasteiger charge is -2.36. The summed E-state index contributed by atoms with van der Waals surface area (Å²) in [5.41, 5.74) is -0.248. The normalized spacial score (nSPS) is 18.4. The van der Waals surface area contributed by atoms with Crippen LogP contribution in [0.3, 0.4) is 0 Å². The van der Waals surface area contributed by atoms with E-state index in [9.17, 15) is 13.2 Å². The van der Waals surface area contributed by atoms with Crippen molar-refractivity contribution < 1.29 is 13.2 Å². The molecule has 0 aromatic heterocycles. The van der Waals surface area contributed by atoms with Gasteiger partial charge in [-0.05, 0) is 36.5 Å². The fourth-order valence-corrected chi connectivity index (χ4v) is 3.26. The van der Waals surface area contributed by atoms with Gasteiger partial charge in [0.25, 0.3) is 0 Å². The smallest absolute Gasteiger partial charge is 0.314 e. The maximum Gasteiger partial charge on any atom is 0.416 e. The summed E-state index contributed by atoms with van der Waals surface area (Å²) in [7, 11) is 0. The average Bonchev–Trinajstić information content (AvgIpc) is 2.48. The zero-order valence-corrected chi connectivity index (χ0v) is 14.3. The summed E-state index contributed by atoms with van der Waals surface area (Å²) in [4.78, 5) is 2.16. The number of nitrogens with one attached hydrogen (secondary N) is 1. The monoisotopic (exact) mass is 348 g/mol. The molecule has 1 aromatic rings. The average molecular weight is 349 g/mol. The van der Waals surface area contributed by atoms with Gasteiger partial charge in [-0.15, -0.1) is 0 Å². The number of piperazine rings is 1. The van der Waals surface area contributed by atoms with Gasteiger partial charge in [0.15, 0.2) is 0 Å². The molecular weight excluding hydrogens is 325 g/mol. The molecule has 6 heteroatoms. The van der Waals surface area contributed by atoms with Gasteiger partial charge in [-0.3, -0.25) is 4.90 Å². The van der Waals surface area contributed by atoms with E-state index in [2.05, 4.69) is 24.1 Å². The van der Waals surface area contributed by atoms with Gasteiger partial charge in [-0.1, -0.05) is 31.5 Å². The molecular formula is C17H24ClF3N2. The molecule has 0 radical (unpaired) electrons. The van der Waals surface area contributed by atoms with Crippen molar-refractivity contribution in [3.05, 3.63) is 34.3 Å². The standard InChI is InChI=1S/C17H24ClF3N2/c1-12(2)3-6-16(23-9-7-22-8-10-23)14-5-4-13(18)11-15(14)17(19,20)21/h4-5,11-12,16,22H,3,6-10H2,1-2H3/t16-/m0/s1. The van der Waals surface area contributed by atoms with Crippen molar-refractivity contribution in [2.45, 2.75) is 38.9 Å². The van der Waals surface area contributed by atoms with E-state index in [1.165, 1.54) is 0 Å². The van der Waals surface area contributed by atoms with E-state index < -0.39 is 11.7 Å². The highest BCUT2D eigenvalue weighted by atomic mass is 35.5. The Labute approximate surface area is 141 Å². The summed E-state index contributed by atoms with van der Waals surface area (Å²) in [6.07, 6.45) is -2.76. The highest BCUT2D eigenvalue weighted by Gasteiger charge is 2.37. The van der Waals surface area contributed by atoms with Gasteiger partial charge in [-0.2, -0.15) is 13.2 Å². The first kappa shape index (κ1) is 18.6. The Morgan fingerprint density at radius 1 is 1.17 bits per heavy atom. The third-order valence-corrected chi connectivity index (χ3v) is 4.52. The van der Waals surface area contributed by atoms with Crippen LogP contribution >= 0.6 is 11.6 Å². The zero-order chi connectivity index (χ0) is 17.0. The first-order valence-corrected chi connectivity index (χ1v) is 8.48. The lowest BCUT2D eigenvalue weighted by Crippen LogP contribution is -2.45. The summed E-state index contributed by atoms with van der Waals surface area (Å²) in [6.45, 7) is 7.36. The molecule has 0 unspecified atom stereocenters. The maximum absolute atomic E-state index is 13.5. The van der Waals surface area contributed by atoms with Crippen molar-refractivity contribution in [1.82, 2.24) is 10.2 Å². The second-order valence-electron chi connectivity index (χ2n) is 6.50. The lowest BCUT2D eigenvalue weighted by molar-refractivity contribution is -0.138. The quantitative estimate of drug-likeness (QED) is 0.826. The van der Waals surface area contributed by atoms with Crippen molar-refractivity contribution >= 4 is 11.6 Å². The number of rotatable bonds is 5. The highest BCUT2D eigenvalue weighted by Crippen LogP contribution is 2.39. The van der Waals surface area contributed by atoms with Gasteiger partial charge in [0.1, 0.15) is 0 Å². The third-order valence-electron chi connectivity index (χ3n) is 4.29. The Hall–Kier alpha value is -0.780. The van der Waals surface area contributed by atoms with Crippen molar-refractivity contribution in [2.24, 2.45) is 5.92 Å². The molecule has 0 spiro atoms. The molecule has 1 saturated heterocycles. The largest absolute Gasteiger partial charge is 0.416 e. The Balaban J connectivity index is 2.37. The van der Waals surface area contributed by atoms with Gasteiger partial charge in [0.05, 0.1) is 5.56 Å². The molecule has 1 fully saturated rings. The minimum atomic E-state index is -4.38. The Morgan fingerprint density at radius 3 is 2.39 bits per heavy atom. The van der Waals surface area contributed by atoms with Gasteiger partial charge >= 0.3 is 6.18 Å². The third kappa shape index (κ3) is 5.10. The van der Waals surface area contributed by atoms with Crippen molar-refractivity contribution in [1.29, 1.82) is 0 Å². The van der Waals surface area contributed by atoms with E-state index in [1.54, 1.807) is 12.1 Å². The molecule has 1 aliphatic rings. The molecule has 0 aliphatic carbocycles. The van der Waals surface area contributed by atoms with Crippen LogP contribution in [0.2, 0.25) is 5.02 Å². The van der Waals surface area contributed by atoms with Crippen molar-refractivity contribution in [3.63, 3.8) is 0 Å². The predicted octanol–water partition coefficient (Wildman–Crippen LogP) is 4.74. The van der Waals surface area contributed by atoms with Crippen LogP contribution in [0.4, 0.5) is 13.2 Å². The zero-order valence-electron chi connectivity index (χ0n) is 13.6. The summed E-state index contributed by atoms with van der Waals surface area (Å²) in [5, 5.41) is 3.38. The van der Waals surface area contributed by atoms with Crippen LogP contribution in [-0.2, 0) is 6.18 Å². The van der Waals surface area contributed by atoms with E-state index in [1.807, 2.05) is 0 Å². The fraction of sp³-hybridized carbons (Fsp3) is 0.647. The molecule has 0 saturated carbocycles. The molecule has 130 valence electrons. The van der Waals surface area contributed by atoms with Crippen LogP contribution < -0.4 is 5.32 Å². The maximum atomic E-state index is 13.5. The number of hydrogen-bond acceptors (Lipinski definition) is 2. The number of hydrogen-bond donors (Lipinski definition) is 1. The minimum Gasteiger partial charge on any atom is -0.314 e. The van der Waals surface area contributed by atoms with Crippen LogP contribution in [0.25, 0.3) is 0 Å².